The van der Waals surface area contributed by atoms with Crippen LogP contribution in [0.1, 0.15) is 28.8 Å². The lowest BCUT2D eigenvalue weighted by atomic mass is 10.1. The van der Waals surface area contributed by atoms with Crippen molar-refractivity contribution in [3.05, 3.63) is 59.7 Å². The summed E-state index contributed by atoms with van der Waals surface area (Å²) in [7, 11) is 0. The van der Waals surface area contributed by atoms with Crippen molar-refractivity contribution in [2.24, 2.45) is 5.92 Å². The van der Waals surface area contributed by atoms with Gasteiger partial charge in [-0.15, -0.1) is 0 Å². The van der Waals surface area contributed by atoms with Gasteiger partial charge in [-0.3, -0.25) is 9.59 Å². The molecule has 3 N–H and O–H groups in total. The van der Waals surface area contributed by atoms with E-state index in [9.17, 15) is 14.4 Å². The molecule has 0 saturated heterocycles. The SMILES string of the molecule is O=C(COc1cccc(NC(=O)C2CC2)c1)NCCc1ccc(C(=O)O)cc1. The highest BCUT2D eigenvalue weighted by Crippen LogP contribution is 2.30. The average molecular weight is 382 g/mol. The Labute approximate surface area is 162 Å². The molecule has 2 aromatic carbocycles. The summed E-state index contributed by atoms with van der Waals surface area (Å²) in [4.78, 5) is 34.5. The van der Waals surface area contributed by atoms with Gasteiger partial charge in [-0.1, -0.05) is 18.2 Å². The number of ether oxygens (including phenoxy) is 1. The standard InChI is InChI=1S/C21H22N2O5/c24-19(22-11-10-14-4-6-16(7-5-14)21(26)27)13-28-18-3-1-2-17(12-18)23-20(25)15-8-9-15/h1-7,12,15H,8-11,13H2,(H,22,24)(H,23,25)(H,26,27). The van der Waals surface area contributed by atoms with Gasteiger partial charge >= 0.3 is 5.97 Å². The number of aromatic carboxylic acids is 1. The molecule has 0 bridgehead atoms. The minimum atomic E-state index is -0.965. The highest BCUT2D eigenvalue weighted by atomic mass is 16.5. The molecule has 0 atom stereocenters. The highest BCUT2D eigenvalue weighted by molar-refractivity contribution is 5.94. The number of carbonyl (C=O) groups is 3. The molecule has 7 nitrogen and oxygen atoms in total. The minimum absolute atomic E-state index is 0.0197. The number of carboxylic acid groups (broad SMARTS) is 1. The smallest absolute Gasteiger partial charge is 0.335 e. The zero-order valence-electron chi connectivity index (χ0n) is 15.3. The molecule has 146 valence electrons. The summed E-state index contributed by atoms with van der Waals surface area (Å²) in [5, 5.41) is 14.5. The zero-order valence-corrected chi connectivity index (χ0v) is 15.3. The molecule has 0 heterocycles. The highest BCUT2D eigenvalue weighted by Gasteiger charge is 2.29. The first-order chi connectivity index (χ1) is 13.5. The third-order valence-electron chi connectivity index (χ3n) is 4.36. The Bertz CT molecular complexity index is 859. The molecule has 1 saturated carbocycles. The van der Waals surface area contributed by atoms with Crippen LogP contribution in [0.3, 0.4) is 0 Å². The molecule has 3 rings (SSSR count). The van der Waals surface area contributed by atoms with E-state index in [1.807, 2.05) is 0 Å². The van der Waals surface area contributed by atoms with Gasteiger partial charge in [0.1, 0.15) is 5.75 Å². The van der Waals surface area contributed by atoms with Crippen molar-refractivity contribution in [2.75, 3.05) is 18.5 Å². The molecule has 2 amide bonds. The number of rotatable bonds is 9. The fraction of sp³-hybridized carbons (Fsp3) is 0.286. The molecule has 1 aliphatic rings. The first kappa shape index (κ1) is 19.4. The summed E-state index contributed by atoms with van der Waals surface area (Å²) in [5.74, 6) is -0.572. The van der Waals surface area contributed by atoms with E-state index in [1.165, 1.54) is 12.1 Å². The van der Waals surface area contributed by atoms with Crippen LogP contribution in [-0.2, 0) is 16.0 Å². The summed E-state index contributed by atoms with van der Waals surface area (Å²) < 4.78 is 5.48. The van der Waals surface area contributed by atoms with E-state index in [-0.39, 0.29) is 29.9 Å². The maximum Gasteiger partial charge on any atom is 0.335 e. The Balaban J connectivity index is 1.39. The van der Waals surface area contributed by atoms with Crippen LogP contribution in [0.5, 0.6) is 5.75 Å². The van der Waals surface area contributed by atoms with Gasteiger partial charge in [0.25, 0.3) is 5.91 Å². The van der Waals surface area contributed by atoms with Gasteiger partial charge in [0.2, 0.25) is 5.91 Å². The topological polar surface area (TPSA) is 105 Å². The lowest BCUT2D eigenvalue weighted by molar-refractivity contribution is -0.123. The van der Waals surface area contributed by atoms with Gasteiger partial charge < -0.3 is 20.5 Å². The molecule has 28 heavy (non-hydrogen) atoms. The summed E-state index contributed by atoms with van der Waals surface area (Å²) in [6.07, 6.45) is 2.46. The van der Waals surface area contributed by atoms with Gasteiger partial charge in [-0.25, -0.2) is 4.79 Å². The number of hydrogen-bond acceptors (Lipinski definition) is 4. The maximum absolute atomic E-state index is 11.9. The van der Waals surface area contributed by atoms with E-state index in [2.05, 4.69) is 10.6 Å². The second-order valence-corrected chi connectivity index (χ2v) is 6.68. The number of carboxylic acids is 1. The predicted octanol–water partition coefficient (Wildman–Crippen LogP) is 2.47. The van der Waals surface area contributed by atoms with E-state index in [0.717, 1.165) is 18.4 Å². The average Bonchev–Trinajstić information content (AvgIpc) is 3.52. The third-order valence-corrected chi connectivity index (χ3v) is 4.36. The van der Waals surface area contributed by atoms with Crippen LogP contribution in [0.25, 0.3) is 0 Å². The van der Waals surface area contributed by atoms with Crippen LogP contribution in [-0.4, -0.2) is 36.0 Å². The van der Waals surface area contributed by atoms with Crippen molar-refractivity contribution < 1.29 is 24.2 Å². The molecule has 0 aliphatic heterocycles. The quantitative estimate of drug-likeness (QED) is 0.618. The summed E-state index contributed by atoms with van der Waals surface area (Å²) in [6, 6.07) is 13.5. The van der Waals surface area contributed by atoms with Crippen molar-refractivity contribution in [1.82, 2.24) is 5.32 Å². The molecule has 1 aliphatic carbocycles. The fourth-order valence-corrected chi connectivity index (χ4v) is 2.61. The third kappa shape index (κ3) is 5.84. The minimum Gasteiger partial charge on any atom is -0.484 e. The summed E-state index contributed by atoms with van der Waals surface area (Å²) in [6.45, 7) is 0.296. The fourth-order valence-electron chi connectivity index (χ4n) is 2.61. The van der Waals surface area contributed by atoms with E-state index in [4.69, 9.17) is 9.84 Å². The van der Waals surface area contributed by atoms with Crippen LogP contribution < -0.4 is 15.4 Å². The first-order valence-electron chi connectivity index (χ1n) is 9.14. The van der Waals surface area contributed by atoms with E-state index in [0.29, 0.717) is 24.4 Å². The van der Waals surface area contributed by atoms with Crippen LogP contribution in [0.2, 0.25) is 0 Å². The number of benzene rings is 2. The second kappa shape index (κ2) is 9.03. The summed E-state index contributed by atoms with van der Waals surface area (Å²) in [5.41, 5.74) is 1.82. The van der Waals surface area contributed by atoms with Crippen LogP contribution in [0.4, 0.5) is 5.69 Å². The van der Waals surface area contributed by atoms with Gasteiger partial charge in [-0.05, 0) is 49.1 Å². The molecule has 0 radical (unpaired) electrons. The van der Waals surface area contributed by atoms with Crippen molar-refractivity contribution in [3.8, 4) is 5.75 Å². The Morgan fingerprint density at radius 3 is 2.50 bits per heavy atom. The van der Waals surface area contributed by atoms with Crippen molar-refractivity contribution >= 4 is 23.5 Å². The Kier molecular flexibility index (Phi) is 6.26. The lowest BCUT2D eigenvalue weighted by Gasteiger charge is -2.10. The number of carbonyl (C=O) groups excluding carboxylic acids is 2. The van der Waals surface area contributed by atoms with Gasteiger partial charge in [-0.2, -0.15) is 0 Å². The van der Waals surface area contributed by atoms with Gasteiger partial charge in [0, 0.05) is 24.2 Å². The van der Waals surface area contributed by atoms with Crippen molar-refractivity contribution in [2.45, 2.75) is 19.3 Å². The number of nitrogens with one attached hydrogen (secondary N) is 2. The largest absolute Gasteiger partial charge is 0.484 e. The molecular formula is C21H22N2O5. The number of amides is 2. The molecule has 0 unspecified atom stereocenters. The van der Waals surface area contributed by atoms with E-state index < -0.39 is 5.97 Å². The van der Waals surface area contributed by atoms with Crippen LogP contribution in [0.15, 0.2) is 48.5 Å². The molecule has 2 aromatic rings. The maximum atomic E-state index is 11.9. The first-order valence-corrected chi connectivity index (χ1v) is 9.14. The van der Waals surface area contributed by atoms with Crippen LogP contribution >= 0.6 is 0 Å². The van der Waals surface area contributed by atoms with Gasteiger partial charge in [0.05, 0.1) is 5.56 Å². The molecular weight excluding hydrogens is 360 g/mol. The Hall–Kier alpha value is -3.35. The van der Waals surface area contributed by atoms with Crippen molar-refractivity contribution in [3.63, 3.8) is 0 Å². The molecule has 0 aromatic heterocycles. The normalized spacial score (nSPS) is 12.9. The Morgan fingerprint density at radius 2 is 1.82 bits per heavy atom. The second-order valence-electron chi connectivity index (χ2n) is 6.68. The Morgan fingerprint density at radius 1 is 1.07 bits per heavy atom. The van der Waals surface area contributed by atoms with Crippen molar-refractivity contribution in [1.29, 1.82) is 0 Å². The number of anilines is 1. The molecule has 0 spiro atoms. The predicted molar refractivity (Wildman–Crippen MR) is 103 cm³/mol. The molecule has 7 heteroatoms. The van der Waals surface area contributed by atoms with E-state index >= 15 is 0 Å². The lowest BCUT2D eigenvalue weighted by Crippen LogP contribution is -2.30. The number of hydrogen-bond donors (Lipinski definition) is 3. The monoisotopic (exact) mass is 382 g/mol. The summed E-state index contributed by atoms with van der Waals surface area (Å²) >= 11 is 0. The van der Waals surface area contributed by atoms with Crippen LogP contribution in [0, 0.1) is 5.92 Å². The molecule has 1 fully saturated rings. The zero-order chi connectivity index (χ0) is 19.9. The van der Waals surface area contributed by atoms with Gasteiger partial charge in [0.15, 0.2) is 6.61 Å². The van der Waals surface area contributed by atoms with E-state index in [1.54, 1.807) is 36.4 Å².